The van der Waals surface area contributed by atoms with Crippen molar-refractivity contribution in [2.45, 2.75) is 68.0 Å². The molecule has 8 rings (SSSR count). The third-order valence-electron chi connectivity index (χ3n) is 15.7. The molecule has 0 spiro atoms. The highest BCUT2D eigenvalue weighted by Gasteiger charge is 2.42. The molecule has 95 heavy (non-hydrogen) atoms. The lowest BCUT2D eigenvalue weighted by Gasteiger charge is -2.36. The molecular formula is C73H62Br4Cl6O12. The molecule has 0 saturated carbocycles. The fraction of sp³-hybridized carbons (Fsp3) is 0.233. The first-order valence-corrected chi connectivity index (χ1v) is 35.0. The molecule has 22 heteroatoms. The van der Waals surface area contributed by atoms with Gasteiger partial charge in [-0.1, -0.05) is 168 Å². The number of hydrogen-bond donors (Lipinski definition) is 2. The van der Waals surface area contributed by atoms with E-state index in [2.05, 4.69) is 77.6 Å². The molecule has 8 aromatic carbocycles. The van der Waals surface area contributed by atoms with Crippen LogP contribution in [0, 0.1) is 0 Å². The summed E-state index contributed by atoms with van der Waals surface area (Å²) in [5.41, 5.74) is 3.34. The van der Waals surface area contributed by atoms with Crippen LogP contribution in [0.3, 0.4) is 0 Å². The van der Waals surface area contributed by atoms with Crippen LogP contribution in [-0.4, -0.2) is 85.9 Å². The number of esters is 2. The summed E-state index contributed by atoms with van der Waals surface area (Å²) in [7, 11) is 0. The molecule has 2 N–H and O–H groups in total. The van der Waals surface area contributed by atoms with Gasteiger partial charge in [0.05, 0.1) is 68.0 Å². The number of hydrogen-bond acceptors (Lipinski definition) is 10. The Morgan fingerprint density at radius 2 is 0.642 bits per heavy atom. The first-order chi connectivity index (χ1) is 45.4. The highest BCUT2D eigenvalue weighted by molar-refractivity contribution is 9.11. The van der Waals surface area contributed by atoms with Gasteiger partial charge in [0, 0.05) is 47.7 Å². The Bertz CT molecular complexity index is 3480. The van der Waals surface area contributed by atoms with E-state index in [1.807, 2.05) is 97.1 Å². The molecule has 8 aromatic rings. The predicted octanol–water partition coefficient (Wildman–Crippen LogP) is 20.5. The van der Waals surface area contributed by atoms with Gasteiger partial charge in [-0.25, -0.2) is 9.59 Å². The van der Waals surface area contributed by atoms with E-state index in [9.17, 15) is 19.2 Å². The largest absolute Gasteiger partial charge is 0.487 e. The number of benzene rings is 8. The van der Waals surface area contributed by atoms with Crippen molar-refractivity contribution in [3.05, 3.63) is 287 Å². The summed E-state index contributed by atoms with van der Waals surface area (Å²) in [6.45, 7) is 3.89. The molecule has 2 unspecified atom stereocenters. The van der Waals surface area contributed by atoms with Crippen molar-refractivity contribution in [3.8, 4) is 11.5 Å². The van der Waals surface area contributed by atoms with Crippen LogP contribution in [-0.2, 0) is 54.4 Å². The molecule has 12 nitrogen and oxygen atoms in total. The molecule has 0 amide bonds. The summed E-state index contributed by atoms with van der Waals surface area (Å²) in [6.07, 6.45) is 3.32. The second-order valence-electron chi connectivity index (χ2n) is 22.4. The van der Waals surface area contributed by atoms with E-state index in [1.54, 1.807) is 72.8 Å². The number of carbonyl (C=O) groups is 4. The summed E-state index contributed by atoms with van der Waals surface area (Å²) >= 11 is 53.6. The SMILES string of the molecule is CC(C)(c1cc(Br)c(OCC(COCCC=CC(=O)O)OC(=O)CC(c2ccc(Cl)cc2)(c2ccc(Cl)cc2)c2ccc(Cl)cc2)c(Br)c1)c1cc(Br)c(OCC(COCCC=CC(=O)O)OC(=O)CC(c2ccc(Cl)cc2)(c2ccc(Cl)cc2)c2ccc(Cl)cc2)c(Br)c1. The van der Waals surface area contributed by atoms with Gasteiger partial charge >= 0.3 is 23.9 Å². The lowest BCUT2D eigenvalue weighted by molar-refractivity contribution is -0.155. The van der Waals surface area contributed by atoms with Crippen molar-refractivity contribution in [3.63, 3.8) is 0 Å². The number of rotatable bonds is 32. The fourth-order valence-corrected chi connectivity index (χ4v) is 14.5. The van der Waals surface area contributed by atoms with E-state index >= 15 is 0 Å². The minimum Gasteiger partial charge on any atom is -0.487 e. The molecule has 0 aliphatic rings. The van der Waals surface area contributed by atoms with Crippen LogP contribution >= 0.6 is 133 Å². The van der Waals surface area contributed by atoms with Crippen molar-refractivity contribution in [2.24, 2.45) is 0 Å². The number of halogens is 10. The van der Waals surface area contributed by atoms with Gasteiger partial charge in [-0.2, -0.15) is 0 Å². The topological polar surface area (TPSA) is 164 Å². The van der Waals surface area contributed by atoms with Crippen LogP contribution in [0.4, 0.5) is 0 Å². The minimum atomic E-state index is -1.12. The van der Waals surface area contributed by atoms with Crippen molar-refractivity contribution in [1.82, 2.24) is 0 Å². The van der Waals surface area contributed by atoms with E-state index in [1.165, 1.54) is 12.2 Å². The Balaban J connectivity index is 1.02. The van der Waals surface area contributed by atoms with Crippen LogP contribution in [0.2, 0.25) is 30.1 Å². The van der Waals surface area contributed by atoms with Gasteiger partial charge in [0.2, 0.25) is 0 Å². The van der Waals surface area contributed by atoms with Crippen LogP contribution in [0.1, 0.15) is 84.0 Å². The lowest BCUT2D eigenvalue weighted by atomic mass is 9.67. The van der Waals surface area contributed by atoms with Crippen LogP contribution in [0.25, 0.3) is 0 Å². The molecule has 0 aliphatic carbocycles. The predicted molar refractivity (Wildman–Crippen MR) is 389 cm³/mol. The van der Waals surface area contributed by atoms with Gasteiger partial charge < -0.3 is 38.6 Å². The molecule has 0 bridgehead atoms. The maximum Gasteiger partial charge on any atom is 0.327 e. The van der Waals surface area contributed by atoms with E-state index in [0.717, 1.165) is 56.7 Å². The third kappa shape index (κ3) is 20.2. The van der Waals surface area contributed by atoms with Gasteiger partial charge in [-0.15, -0.1) is 0 Å². The Morgan fingerprint density at radius 3 is 0.874 bits per heavy atom. The summed E-state index contributed by atoms with van der Waals surface area (Å²) < 4.78 is 40.0. The van der Waals surface area contributed by atoms with Crippen LogP contribution in [0.5, 0.6) is 11.5 Å². The fourth-order valence-electron chi connectivity index (χ4n) is 10.9. The maximum atomic E-state index is 14.7. The summed E-state index contributed by atoms with van der Waals surface area (Å²) in [4.78, 5) is 51.8. The average Bonchev–Trinajstić information content (AvgIpc) is 0.767. The van der Waals surface area contributed by atoms with Crippen molar-refractivity contribution in [2.75, 3.05) is 39.6 Å². The molecule has 2 atom stereocenters. The minimum absolute atomic E-state index is 0.0953. The van der Waals surface area contributed by atoms with E-state index < -0.39 is 52.3 Å². The summed E-state index contributed by atoms with van der Waals surface area (Å²) in [5.74, 6) is -2.50. The molecule has 0 fully saturated rings. The second-order valence-corrected chi connectivity index (χ2v) is 28.5. The molecular weight excluding hydrogens is 1600 g/mol. The first-order valence-electron chi connectivity index (χ1n) is 29.5. The van der Waals surface area contributed by atoms with Crippen molar-refractivity contribution >= 4 is 157 Å². The quantitative estimate of drug-likeness (QED) is 0.0178. The highest BCUT2D eigenvalue weighted by atomic mass is 79.9. The zero-order chi connectivity index (χ0) is 68.5. The zero-order valence-electron chi connectivity index (χ0n) is 51.0. The molecule has 0 saturated heterocycles. The van der Waals surface area contributed by atoms with Crippen LogP contribution < -0.4 is 9.47 Å². The van der Waals surface area contributed by atoms with E-state index in [4.69, 9.17) is 108 Å². The number of carbonyl (C=O) groups excluding carboxylic acids is 2. The maximum absolute atomic E-state index is 14.7. The van der Waals surface area contributed by atoms with Crippen LogP contribution in [0.15, 0.2) is 212 Å². The normalized spacial score (nSPS) is 12.6. The van der Waals surface area contributed by atoms with Crippen molar-refractivity contribution < 1.29 is 57.8 Å². The molecule has 0 heterocycles. The summed E-state index contributed by atoms with van der Waals surface area (Å²) in [6, 6.07) is 51.3. The van der Waals surface area contributed by atoms with Gasteiger partial charge in [-0.05, 0) is 218 Å². The number of ether oxygens (including phenoxy) is 6. The Hall–Kier alpha value is -5.70. The Labute approximate surface area is 615 Å². The smallest absolute Gasteiger partial charge is 0.327 e. The van der Waals surface area contributed by atoms with E-state index in [-0.39, 0.29) is 65.3 Å². The number of aliphatic carboxylic acids is 2. The van der Waals surface area contributed by atoms with Gasteiger partial charge in [0.15, 0.2) is 12.2 Å². The Morgan fingerprint density at radius 1 is 0.400 bits per heavy atom. The van der Waals surface area contributed by atoms with Gasteiger partial charge in [-0.3, -0.25) is 9.59 Å². The number of carboxylic acid groups (broad SMARTS) is 2. The lowest BCUT2D eigenvalue weighted by Crippen LogP contribution is -2.36. The second kappa shape index (κ2) is 35.2. The molecule has 0 aromatic heterocycles. The standard InChI is InChI=1S/C73H62Br4Cl6O12/c1-71(2,51-35-61(74)69(62(75)36-51)92-43-59(41-90-33-5-3-7-65(84)85)94-67(88)39-72(45-9-21-53(78)22-10-45,46-11-23-54(79)24-12-46)47-13-25-55(80)26-14-47)52-37-63(76)70(64(77)38-52)93-44-60(42-91-34-6-4-8-66(86)87)95-68(89)40-73(48-15-27-56(81)28-16-48,49-17-29-57(82)30-18-49)50-19-31-58(83)32-20-50/h3-4,7-32,35-38,59-60H,5-6,33-34,39-44H2,1-2H3,(H,84,85)(H,86,87). The first kappa shape index (κ1) is 75.1. The zero-order valence-corrected chi connectivity index (χ0v) is 61.8. The van der Waals surface area contributed by atoms with E-state index in [0.29, 0.717) is 59.5 Å². The van der Waals surface area contributed by atoms with Gasteiger partial charge in [0.25, 0.3) is 0 Å². The molecule has 0 radical (unpaired) electrons. The van der Waals surface area contributed by atoms with Gasteiger partial charge in [0.1, 0.15) is 24.7 Å². The molecule has 0 aliphatic heterocycles. The van der Waals surface area contributed by atoms with Crippen molar-refractivity contribution in [1.29, 1.82) is 0 Å². The monoisotopic (exact) mass is 1660 g/mol. The Kier molecular flexibility index (Phi) is 27.8. The third-order valence-corrected chi connectivity index (χ3v) is 19.6. The average molecular weight is 1660 g/mol. The number of carboxylic acids is 2. The summed E-state index contributed by atoms with van der Waals surface area (Å²) in [5, 5.41) is 21.3. The highest BCUT2D eigenvalue weighted by Crippen LogP contribution is 2.48. The molecule has 496 valence electrons.